The van der Waals surface area contributed by atoms with Gasteiger partial charge in [0.05, 0.1) is 24.0 Å². The quantitative estimate of drug-likeness (QED) is 0.200. The number of hydrogen-bond acceptors (Lipinski definition) is 7. The molecular formula is C35H49N3O7. The Bertz CT molecular complexity index is 1240. The minimum atomic E-state index is -1.17. The number of likely N-dealkylation sites (tertiary alicyclic amines) is 1. The fraction of sp³-hybridized carbons (Fsp3) is 0.600. The van der Waals surface area contributed by atoms with Gasteiger partial charge in [-0.25, -0.2) is 0 Å². The van der Waals surface area contributed by atoms with Crippen molar-refractivity contribution in [1.29, 1.82) is 0 Å². The molecule has 10 heteroatoms. The summed E-state index contributed by atoms with van der Waals surface area (Å²) in [6.07, 6.45) is 5.70. The second-order valence-corrected chi connectivity index (χ2v) is 12.5. The number of benzene rings is 1. The summed E-state index contributed by atoms with van der Waals surface area (Å²) < 4.78 is 12.8. The lowest BCUT2D eigenvalue weighted by Gasteiger charge is -2.39. The molecule has 2 N–H and O–H groups in total. The highest BCUT2D eigenvalue weighted by Gasteiger charge is 2.75. The van der Waals surface area contributed by atoms with E-state index >= 15 is 0 Å². The van der Waals surface area contributed by atoms with Crippen LogP contribution in [-0.4, -0.2) is 88.1 Å². The zero-order valence-electron chi connectivity index (χ0n) is 26.9. The first kappa shape index (κ1) is 34.4. The van der Waals surface area contributed by atoms with Crippen molar-refractivity contribution < 1.29 is 33.8 Å². The second-order valence-electron chi connectivity index (χ2n) is 12.5. The van der Waals surface area contributed by atoms with Crippen molar-refractivity contribution >= 4 is 23.7 Å². The predicted molar refractivity (Wildman–Crippen MR) is 170 cm³/mol. The van der Waals surface area contributed by atoms with Gasteiger partial charge in [-0.1, -0.05) is 55.8 Å². The van der Waals surface area contributed by atoms with Gasteiger partial charge >= 0.3 is 5.97 Å². The first-order valence-corrected chi connectivity index (χ1v) is 16.3. The number of fused-ring (bicyclic) bond motifs is 1. The summed E-state index contributed by atoms with van der Waals surface area (Å²) in [5, 5.41) is 12.6. The Morgan fingerprint density at radius 1 is 1.22 bits per heavy atom. The normalized spacial score (nSPS) is 26.9. The Labute approximate surface area is 266 Å². The molecule has 4 rings (SSSR count). The van der Waals surface area contributed by atoms with Crippen LogP contribution in [0.5, 0.6) is 0 Å². The maximum absolute atomic E-state index is 14.4. The summed E-state index contributed by atoms with van der Waals surface area (Å²) in [6, 6.07) is 7.64. The summed E-state index contributed by atoms with van der Waals surface area (Å²) in [6.45, 7) is 13.7. The van der Waals surface area contributed by atoms with E-state index in [2.05, 4.69) is 25.4 Å². The number of aliphatic hydroxyl groups excluding tert-OH is 1. The number of carbonyl (C=O) groups is 4. The van der Waals surface area contributed by atoms with E-state index in [1.807, 2.05) is 37.3 Å². The fourth-order valence-electron chi connectivity index (χ4n) is 7.48. The third kappa shape index (κ3) is 6.87. The van der Waals surface area contributed by atoms with Gasteiger partial charge in [-0.05, 0) is 51.5 Å². The standard InChI is InChI=1S/C35H49N3O7/c1-6-9-17-27(40)36-24(5)30(25-15-11-10-12-16-25)44-34(43)28-26-18-19-35(45-26)29(28)32(41)38(21-13-22-39)31(35)33(42)37(20-8-3)23(4)14-7-2/h6,8,10-12,15-16,23-24,26,28-31,39H,1,3,7,9,13-14,17-22H2,2,4-5H3,(H,36,40)/t23?,24-,26-,28+,29+,30-,31-,35+/m1/s1. The average molecular weight is 624 g/mol. The van der Waals surface area contributed by atoms with Gasteiger partial charge in [0.2, 0.25) is 17.7 Å². The zero-order chi connectivity index (χ0) is 32.7. The van der Waals surface area contributed by atoms with Crippen molar-refractivity contribution in [3.8, 4) is 0 Å². The molecule has 0 radical (unpaired) electrons. The monoisotopic (exact) mass is 623 g/mol. The van der Waals surface area contributed by atoms with E-state index in [9.17, 15) is 24.3 Å². The van der Waals surface area contributed by atoms with Crippen LogP contribution in [-0.2, 0) is 28.7 Å². The van der Waals surface area contributed by atoms with Crippen LogP contribution >= 0.6 is 0 Å². The molecule has 0 aliphatic carbocycles. The molecule has 3 aliphatic heterocycles. The highest BCUT2D eigenvalue weighted by atomic mass is 16.6. The number of nitrogens with one attached hydrogen (secondary N) is 1. The Hall–Kier alpha value is -3.50. The summed E-state index contributed by atoms with van der Waals surface area (Å²) in [5.74, 6) is -3.12. The average Bonchev–Trinajstić information content (AvgIpc) is 3.67. The molecule has 3 heterocycles. The van der Waals surface area contributed by atoms with Crippen molar-refractivity contribution in [2.75, 3.05) is 19.7 Å². The van der Waals surface area contributed by atoms with Crippen molar-refractivity contribution in [2.45, 2.75) is 102 Å². The molecule has 3 saturated heterocycles. The highest BCUT2D eigenvalue weighted by molar-refractivity contribution is 5.98. The Morgan fingerprint density at radius 2 is 1.96 bits per heavy atom. The van der Waals surface area contributed by atoms with E-state index in [1.54, 1.807) is 24.0 Å². The molecule has 3 aliphatic rings. The van der Waals surface area contributed by atoms with Crippen molar-refractivity contribution in [3.05, 3.63) is 61.2 Å². The number of allylic oxidation sites excluding steroid dienone is 1. The van der Waals surface area contributed by atoms with E-state index in [-0.39, 0.29) is 43.3 Å². The smallest absolute Gasteiger partial charge is 0.313 e. The maximum atomic E-state index is 14.4. The van der Waals surface area contributed by atoms with Crippen LogP contribution in [0.15, 0.2) is 55.6 Å². The van der Waals surface area contributed by atoms with Gasteiger partial charge in [-0.15, -0.1) is 13.2 Å². The molecule has 10 nitrogen and oxygen atoms in total. The van der Waals surface area contributed by atoms with E-state index < -0.39 is 47.7 Å². The number of amides is 3. The molecule has 0 saturated carbocycles. The van der Waals surface area contributed by atoms with E-state index in [1.165, 1.54) is 4.90 Å². The van der Waals surface area contributed by atoms with Crippen molar-refractivity contribution in [1.82, 2.24) is 15.1 Å². The molecule has 1 aromatic carbocycles. The lowest BCUT2D eigenvalue weighted by Crippen LogP contribution is -2.58. The molecule has 45 heavy (non-hydrogen) atoms. The first-order valence-electron chi connectivity index (χ1n) is 16.3. The third-order valence-electron chi connectivity index (χ3n) is 9.50. The van der Waals surface area contributed by atoms with Gasteiger partial charge in [0.25, 0.3) is 0 Å². The second kappa shape index (κ2) is 15.2. The van der Waals surface area contributed by atoms with Gasteiger partial charge in [0, 0.05) is 32.2 Å². The van der Waals surface area contributed by atoms with Gasteiger partial charge in [0.1, 0.15) is 17.7 Å². The van der Waals surface area contributed by atoms with Gasteiger partial charge in [-0.3, -0.25) is 19.2 Å². The fourth-order valence-corrected chi connectivity index (χ4v) is 7.48. The molecule has 0 aromatic heterocycles. The summed E-state index contributed by atoms with van der Waals surface area (Å²) in [4.78, 5) is 58.6. The largest absolute Gasteiger partial charge is 0.455 e. The van der Waals surface area contributed by atoms with Crippen LogP contribution in [0.3, 0.4) is 0 Å². The Kier molecular flexibility index (Phi) is 11.6. The first-order chi connectivity index (χ1) is 21.6. The molecule has 246 valence electrons. The van der Waals surface area contributed by atoms with E-state index in [4.69, 9.17) is 9.47 Å². The number of hydrogen-bond donors (Lipinski definition) is 2. The van der Waals surface area contributed by atoms with E-state index in [0.29, 0.717) is 37.8 Å². The number of nitrogens with zero attached hydrogens (tertiary/aromatic N) is 2. The highest BCUT2D eigenvalue weighted by Crippen LogP contribution is 2.59. The zero-order valence-corrected chi connectivity index (χ0v) is 26.9. The number of carbonyl (C=O) groups excluding carboxylic acids is 4. The molecule has 1 unspecified atom stereocenters. The summed E-state index contributed by atoms with van der Waals surface area (Å²) in [5.41, 5.74) is -0.461. The number of rotatable bonds is 17. The number of ether oxygens (including phenoxy) is 2. The molecule has 8 atom stereocenters. The molecule has 2 bridgehead atoms. The molecule has 3 amide bonds. The van der Waals surface area contributed by atoms with Crippen LogP contribution in [0.4, 0.5) is 0 Å². The molecule has 1 aromatic rings. The number of aliphatic hydroxyl groups is 1. The minimum absolute atomic E-state index is 0.0834. The summed E-state index contributed by atoms with van der Waals surface area (Å²) >= 11 is 0. The third-order valence-corrected chi connectivity index (χ3v) is 9.50. The lowest BCUT2D eigenvalue weighted by molar-refractivity contribution is -0.162. The van der Waals surface area contributed by atoms with Crippen LogP contribution in [0.25, 0.3) is 0 Å². The molecular weight excluding hydrogens is 574 g/mol. The Morgan fingerprint density at radius 3 is 2.60 bits per heavy atom. The Balaban J connectivity index is 1.65. The maximum Gasteiger partial charge on any atom is 0.313 e. The molecule has 1 spiro atoms. The SMILES string of the molecule is C=CCCC(=O)N[C@H](C)[C@@H](OC(=O)[C@@H]1[C@H]2C(=O)N(CCCO)[C@H](C(=O)N(CC=C)C(C)CCC)[C@]23CC[C@H]1O3)c1ccccc1. The topological polar surface area (TPSA) is 125 Å². The summed E-state index contributed by atoms with van der Waals surface area (Å²) in [7, 11) is 0. The van der Waals surface area contributed by atoms with Crippen LogP contribution in [0, 0.1) is 11.8 Å². The van der Waals surface area contributed by atoms with Crippen LogP contribution in [0.2, 0.25) is 0 Å². The minimum Gasteiger partial charge on any atom is -0.455 e. The van der Waals surface area contributed by atoms with Gasteiger partial charge in [-0.2, -0.15) is 0 Å². The lowest BCUT2D eigenvalue weighted by atomic mass is 9.70. The van der Waals surface area contributed by atoms with E-state index in [0.717, 1.165) is 12.8 Å². The predicted octanol–water partition coefficient (Wildman–Crippen LogP) is 3.70. The molecule has 3 fully saturated rings. The number of esters is 1. The van der Waals surface area contributed by atoms with Gasteiger partial charge < -0.3 is 29.7 Å². The van der Waals surface area contributed by atoms with Crippen molar-refractivity contribution in [3.63, 3.8) is 0 Å². The van der Waals surface area contributed by atoms with Crippen LogP contribution < -0.4 is 5.32 Å². The van der Waals surface area contributed by atoms with Gasteiger partial charge in [0.15, 0.2) is 0 Å². The van der Waals surface area contributed by atoms with Crippen LogP contribution in [0.1, 0.15) is 77.4 Å². The van der Waals surface area contributed by atoms with Crippen molar-refractivity contribution in [2.24, 2.45) is 11.8 Å².